The Morgan fingerprint density at radius 1 is 1.16 bits per heavy atom. The normalized spacial score (nSPS) is 11.1. The molecule has 1 amide bonds. The molecule has 194 valence electrons. The number of carbonyl (C=O) groups excluding carboxylic acids is 1. The molecule has 5 rings (SSSR count). The van der Waals surface area contributed by atoms with Crippen molar-refractivity contribution in [1.82, 2.24) is 19.3 Å². The molecular formula is C26H23N5O4S3. The zero-order valence-electron chi connectivity index (χ0n) is 20.8. The molecule has 38 heavy (non-hydrogen) atoms. The molecule has 0 unspecified atom stereocenters. The topological polar surface area (TPSA) is 104 Å². The summed E-state index contributed by atoms with van der Waals surface area (Å²) in [6.07, 6.45) is 0. The Labute approximate surface area is 231 Å². The monoisotopic (exact) mass is 565 g/mol. The van der Waals surface area contributed by atoms with Crippen LogP contribution in [-0.4, -0.2) is 37.5 Å². The standard InChI is InChI=1S/C26H23N5O4S3/c1-4-34-18-11-9-17(10-12-18)30-23-22(38-26(30)36)24(33)31(19-8-6-5-7-15(19)2)25(28-23)37-14-21(32)27-20-13-16(3)35-29-20/h5-13H,4,14H2,1-3H3,(H,27,29,32). The number of thiazole rings is 1. The summed E-state index contributed by atoms with van der Waals surface area (Å²) in [4.78, 5) is 31.4. The summed E-state index contributed by atoms with van der Waals surface area (Å²) in [5.41, 5.74) is 2.54. The third-order valence-corrected chi connectivity index (χ3v) is 7.86. The van der Waals surface area contributed by atoms with Crippen molar-refractivity contribution in [3.8, 4) is 17.1 Å². The molecule has 12 heteroatoms. The highest BCUT2D eigenvalue weighted by Crippen LogP contribution is 2.29. The highest BCUT2D eigenvalue weighted by molar-refractivity contribution is 7.99. The Kier molecular flexibility index (Phi) is 7.45. The highest BCUT2D eigenvalue weighted by Gasteiger charge is 2.21. The number of hydrogen-bond donors (Lipinski definition) is 1. The number of aromatic nitrogens is 4. The van der Waals surface area contributed by atoms with E-state index in [0.29, 0.717) is 43.3 Å². The van der Waals surface area contributed by atoms with E-state index in [1.165, 1.54) is 11.3 Å². The number of carbonyl (C=O) groups is 1. The lowest BCUT2D eigenvalue weighted by Gasteiger charge is -2.14. The van der Waals surface area contributed by atoms with E-state index in [1.807, 2.05) is 62.4 Å². The molecular weight excluding hydrogens is 543 g/mol. The Hall–Kier alpha value is -3.74. The molecule has 0 radical (unpaired) electrons. The van der Waals surface area contributed by atoms with Gasteiger partial charge in [-0.05, 0) is 68.9 Å². The van der Waals surface area contributed by atoms with Gasteiger partial charge in [0.25, 0.3) is 5.56 Å². The van der Waals surface area contributed by atoms with Crippen LogP contribution in [0.1, 0.15) is 18.2 Å². The van der Waals surface area contributed by atoms with Gasteiger partial charge in [0.05, 0.1) is 18.0 Å². The zero-order chi connectivity index (χ0) is 26.8. The summed E-state index contributed by atoms with van der Waals surface area (Å²) in [5.74, 6) is 1.35. The van der Waals surface area contributed by atoms with Gasteiger partial charge in [0, 0.05) is 11.8 Å². The van der Waals surface area contributed by atoms with Crippen LogP contribution in [0.15, 0.2) is 69.1 Å². The van der Waals surface area contributed by atoms with Crippen molar-refractivity contribution in [2.45, 2.75) is 25.9 Å². The number of anilines is 1. The third-order valence-electron chi connectivity index (χ3n) is 5.57. The minimum absolute atomic E-state index is 0.00363. The van der Waals surface area contributed by atoms with Gasteiger partial charge in [-0.3, -0.25) is 18.7 Å². The second-order valence-electron chi connectivity index (χ2n) is 8.26. The van der Waals surface area contributed by atoms with E-state index >= 15 is 0 Å². The number of aryl methyl sites for hydroxylation is 2. The van der Waals surface area contributed by atoms with Gasteiger partial charge in [-0.25, -0.2) is 4.98 Å². The summed E-state index contributed by atoms with van der Waals surface area (Å²) in [6.45, 7) is 6.15. The minimum Gasteiger partial charge on any atom is -0.494 e. The molecule has 5 aromatic rings. The SMILES string of the molecule is CCOc1ccc(-n2c(=S)sc3c(=O)n(-c4ccccc4C)c(SCC(=O)Nc4cc(C)on4)nc32)cc1. The first-order valence-electron chi connectivity index (χ1n) is 11.7. The number of para-hydroxylation sites is 1. The predicted octanol–water partition coefficient (Wildman–Crippen LogP) is 5.70. The first-order chi connectivity index (χ1) is 18.4. The molecule has 0 spiro atoms. The fraction of sp³-hybridized carbons (Fsp3) is 0.192. The molecule has 0 bridgehead atoms. The van der Waals surface area contributed by atoms with Crippen LogP contribution in [0.3, 0.4) is 0 Å². The van der Waals surface area contributed by atoms with Crippen molar-refractivity contribution in [3.63, 3.8) is 0 Å². The third kappa shape index (κ3) is 5.15. The molecule has 9 nitrogen and oxygen atoms in total. The Morgan fingerprint density at radius 3 is 2.61 bits per heavy atom. The number of benzene rings is 2. The first kappa shape index (κ1) is 25.9. The fourth-order valence-electron chi connectivity index (χ4n) is 3.88. The van der Waals surface area contributed by atoms with Gasteiger partial charge < -0.3 is 14.6 Å². The van der Waals surface area contributed by atoms with Crippen molar-refractivity contribution in [1.29, 1.82) is 0 Å². The van der Waals surface area contributed by atoms with Gasteiger partial charge in [-0.2, -0.15) is 0 Å². The smallest absolute Gasteiger partial charge is 0.278 e. The van der Waals surface area contributed by atoms with Crippen LogP contribution < -0.4 is 15.6 Å². The van der Waals surface area contributed by atoms with Crippen LogP contribution in [0.5, 0.6) is 5.75 Å². The molecule has 0 aliphatic heterocycles. The number of fused-ring (bicyclic) bond motifs is 1. The van der Waals surface area contributed by atoms with Gasteiger partial charge in [0.1, 0.15) is 16.2 Å². The van der Waals surface area contributed by atoms with E-state index in [0.717, 1.165) is 28.8 Å². The Morgan fingerprint density at radius 2 is 1.92 bits per heavy atom. The van der Waals surface area contributed by atoms with Crippen molar-refractivity contribution in [3.05, 3.63) is 80.2 Å². The van der Waals surface area contributed by atoms with Gasteiger partial charge in [-0.15, -0.1) is 0 Å². The average Bonchev–Trinajstić information content (AvgIpc) is 3.46. The summed E-state index contributed by atoms with van der Waals surface area (Å²) in [6, 6.07) is 16.6. The lowest BCUT2D eigenvalue weighted by Crippen LogP contribution is -2.23. The van der Waals surface area contributed by atoms with Crippen molar-refractivity contribution < 1.29 is 14.1 Å². The maximum absolute atomic E-state index is 13.9. The number of thioether (sulfide) groups is 1. The summed E-state index contributed by atoms with van der Waals surface area (Å²) >= 11 is 8.03. The maximum Gasteiger partial charge on any atom is 0.278 e. The number of amides is 1. The van der Waals surface area contributed by atoms with E-state index < -0.39 is 0 Å². The summed E-state index contributed by atoms with van der Waals surface area (Å²) < 4.78 is 14.8. The van der Waals surface area contributed by atoms with Crippen LogP contribution >= 0.6 is 35.3 Å². The lowest BCUT2D eigenvalue weighted by atomic mass is 10.2. The van der Waals surface area contributed by atoms with Crippen LogP contribution in [0.4, 0.5) is 5.82 Å². The van der Waals surface area contributed by atoms with Crippen LogP contribution in [0, 0.1) is 17.8 Å². The largest absolute Gasteiger partial charge is 0.494 e. The molecule has 2 aromatic carbocycles. The number of ether oxygens (including phenoxy) is 1. The van der Waals surface area contributed by atoms with Crippen molar-refractivity contribution in [2.24, 2.45) is 0 Å². The average molecular weight is 566 g/mol. The summed E-state index contributed by atoms with van der Waals surface area (Å²) in [5, 5.41) is 6.87. The summed E-state index contributed by atoms with van der Waals surface area (Å²) in [7, 11) is 0. The minimum atomic E-state index is -0.303. The zero-order valence-corrected chi connectivity index (χ0v) is 23.2. The first-order valence-corrected chi connectivity index (χ1v) is 13.9. The van der Waals surface area contributed by atoms with Crippen molar-refractivity contribution >= 4 is 57.4 Å². The number of hydrogen-bond acceptors (Lipinski definition) is 9. The van der Waals surface area contributed by atoms with Crippen molar-refractivity contribution in [2.75, 3.05) is 17.7 Å². The lowest BCUT2D eigenvalue weighted by molar-refractivity contribution is -0.113. The van der Waals surface area contributed by atoms with Gasteiger partial charge in [-0.1, -0.05) is 46.5 Å². The van der Waals surface area contributed by atoms with Crippen LogP contribution in [-0.2, 0) is 4.79 Å². The molecule has 0 saturated heterocycles. The fourth-order valence-corrected chi connectivity index (χ4v) is 5.98. The maximum atomic E-state index is 13.9. The second kappa shape index (κ2) is 10.9. The molecule has 0 aliphatic carbocycles. The van der Waals surface area contributed by atoms with E-state index in [4.69, 9.17) is 26.5 Å². The van der Waals surface area contributed by atoms with Crippen LogP contribution in [0.25, 0.3) is 21.7 Å². The Bertz CT molecular complexity index is 1750. The molecule has 0 fully saturated rings. The van der Waals surface area contributed by atoms with E-state index in [2.05, 4.69) is 10.5 Å². The second-order valence-corrected chi connectivity index (χ2v) is 10.9. The molecule has 3 heterocycles. The number of rotatable bonds is 8. The van der Waals surface area contributed by atoms with E-state index in [1.54, 1.807) is 22.1 Å². The van der Waals surface area contributed by atoms with E-state index in [9.17, 15) is 9.59 Å². The Balaban J connectivity index is 1.60. The molecule has 0 atom stereocenters. The van der Waals surface area contributed by atoms with E-state index in [-0.39, 0.29) is 17.2 Å². The molecule has 0 aliphatic rings. The number of nitrogens with zero attached hydrogens (tertiary/aromatic N) is 4. The molecule has 0 saturated carbocycles. The van der Waals surface area contributed by atoms with Gasteiger partial charge in [0.15, 0.2) is 20.6 Å². The molecule has 3 aromatic heterocycles. The van der Waals surface area contributed by atoms with Gasteiger partial charge in [0.2, 0.25) is 5.91 Å². The predicted molar refractivity (Wildman–Crippen MR) is 152 cm³/mol. The quantitative estimate of drug-likeness (QED) is 0.145. The number of nitrogens with one attached hydrogen (secondary N) is 1. The van der Waals surface area contributed by atoms with Crippen LogP contribution in [0.2, 0.25) is 0 Å². The molecule has 1 N–H and O–H groups in total. The van der Waals surface area contributed by atoms with Gasteiger partial charge >= 0.3 is 0 Å². The highest BCUT2D eigenvalue weighted by atomic mass is 32.2.